The number of carbonyl (C=O) groups is 1. The molecular formula is C10H12BrClN2O. The molecule has 0 saturated heterocycles. The molecule has 15 heavy (non-hydrogen) atoms. The maximum absolute atomic E-state index is 11.7. The van der Waals surface area contributed by atoms with Crippen molar-refractivity contribution in [3.63, 3.8) is 0 Å². The Bertz CT molecular complexity index is 367. The number of halogens is 2. The molecule has 0 atom stereocenters. The van der Waals surface area contributed by atoms with Gasteiger partial charge in [0.15, 0.2) is 0 Å². The van der Waals surface area contributed by atoms with E-state index in [4.69, 9.17) is 11.6 Å². The molecule has 0 saturated carbocycles. The van der Waals surface area contributed by atoms with Gasteiger partial charge in [0.2, 0.25) is 5.91 Å². The summed E-state index contributed by atoms with van der Waals surface area (Å²) in [5.41, 5.74) is 0.109. The molecule has 0 aliphatic heterocycles. The number of carbonyl (C=O) groups excluding carboxylic acids is 1. The van der Waals surface area contributed by atoms with Crippen LogP contribution in [-0.4, -0.2) is 10.9 Å². The molecule has 0 bridgehead atoms. The fraction of sp³-hybridized carbons (Fsp3) is 0.400. The lowest BCUT2D eigenvalue weighted by molar-refractivity contribution is -0.123. The predicted octanol–water partition coefficient (Wildman–Crippen LogP) is 3.48. The van der Waals surface area contributed by atoms with Gasteiger partial charge in [0, 0.05) is 17.8 Å². The maximum Gasteiger partial charge on any atom is 0.229 e. The zero-order valence-corrected chi connectivity index (χ0v) is 11.1. The number of hydrogen-bond acceptors (Lipinski definition) is 2. The average Bonchev–Trinajstić information content (AvgIpc) is 2.09. The number of rotatable bonds is 1. The van der Waals surface area contributed by atoms with Crippen molar-refractivity contribution in [2.24, 2.45) is 5.41 Å². The van der Waals surface area contributed by atoms with Crippen molar-refractivity contribution in [2.45, 2.75) is 20.8 Å². The first-order chi connectivity index (χ1) is 6.82. The normalized spacial score (nSPS) is 11.3. The van der Waals surface area contributed by atoms with Gasteiger partial charge in [-0.25, -0.2) is 0 Å². The van der Waals surface area contributed by atoms with E-state index in [9.17, 15) is 4.79 Å². The fourth-order valence-corrected chi connectivity index (χ4v) is 1.58. The number of anilines is 1. The molecule has 1 aromatic rings. The summed E-state index contributed by atoms with van der Waals surface area (Å²) in [7, 11) is 0. The third kappa shape index (κ3) is 3.18. The minimum Gasteiger partial charge on any atom is -0.323 e. The van der Waals surface area contributed by atoms with Crippen molar-refractivity contribution in [3.05, 3.63) is 21.9 Å². The first-order valence-corrected chi connectivity index (χ1v) is 5.60. The quantitative estimate of drug-likeness (QED) is 0.860. The van der Waals surface area contributed by atoms with Crippen molar-refractivity contribution in [1.82, 2.24) is 4.98 Å². The van der Waals surface area contributed by atoms with Gasteiger partial charge in [-0.05, 0) is 15.9 Å². The Morgan fingerprint density at radius 3 is 2.53 bits per heavy atom. The van der Waals surface area contributed by atoms with Crippen LogP contribution >= 0.6 is 27.5 Å². The van der Waals surface area contributed by atoms with E-state index in [1.807, 2.05) is 20.8 Å². The summed E-state index contributed by atoms with van der Waals surface area (Å²) in [5, 5.41) is 3.18. The first-order valence-electron chi connectivity index (χ1n) is 4.43. The SMILES string of the molecule is CC(C)(C)C(=O)Nc1c(Cl)cncc1Br. The Labute approximate surface area is 102 Å². The number of nitrogens with zero attached hydrogens (tertiary/aromatic N) is 1. The van der Waals surface area contributed by atoms with Crippen molar-refractivity contribution >= 4 is 39.1 Å². The summed E-state index contributed by atoms with van der Waals surface area (Å²) in [6, 6.07) is 0. The topological polar surface area (TPSA) is 42.0 Å². The second-order valence-corrected chi connectivity index (χ2v) is 5.44. The van der Waals surface area contributed by atoms with E-state index in [0.29, 0.717) is 15.2 Å². The third-order valence-electron chi connectivity index (χ3n) is 1.77. The van der Waals surface area contributed by atoms with Gasteiger partial charge in [0.1, 0.15) is 0 Å². The van der Waals surface area contributed by atoms with Crippen LogP contribution in [-0.2, 0) is 4.79 Å². The molecule has 3 nitrogen and oxygen atoms in total. The van der Waals surface area contributed by atoms with E-state index in [0.717, 1.165) is 0 Å². The molecule has 0 unspecified atom stereocenters. The van der Waals surface area contributed by atoms with Crippen LogP contribution in [0.15, 0.2) is 16.9 Å². The van der Waals surface area contributed by atoms with E-state index >= 15 is 0 Å². The molecule has 0 spiro atoms. The maximum atomic E-state index is 11.7. The minimum atomic E-state index is -0.452. The largest absolute Gasteiger partial charge is 0.323 e. The van der Waals surface area contributed by atoms with Crippen molar-refractivity contribution in [3.8, 4) is 0 Å². The smallest absolute Gasteiger partial charge is 0.229 e. The second-order valence-electron chi connectivity index (χ2n) is 4.18. The highest BCUT2D eigenvalue weighted by molar-refractivity contribution is 9.10. The summed E-state index contributed by atoms with van der Waals surface area (Å²) >= 11 is 9.20. The summed E-state index contributed by atoms with van der Waals surface area (Å²) in [5.74, 6) is -0.0868. The number of amides is 1. The van der Waals surface area contributed by atoms with Crippen molar-refractivity contribution in [1.29, 1.82) is 0 Å². The van der Waals surface area contributed by atoms with Gasteiger partial charge in [-0.1, -0.05) is 32.4 Å². The number of pyridine rings is 1. The molecule has 1 amide bonds. The van der Waals surface area contributed by atoms with Crippen LogP contribution < -0.4 is 5.32 Å². The fourth-order valence-electron chi connectivity index (χ4n) is 0.832. The van der Waals surface area contributed by atoms with Crippen LogP contribution in [0, 0.1) is 5.41 Å². The van der Waals surface area contributed by atoms with Crippen molar-refractivity contribution < 1.29 is 4.79 Å². The molecule has 1 N–H and O–H groups in total. The van der Waals surface area contributed by atoms with Gasteiger partial charge in [0.25, 0.3) is 0 Å². The predicted molar refractivity (Wildman–Crippen MR) is 65.0 cm³/mol. The Balaban J connectivity index is 2.95. The van der Waals surface area contributed by atoms with E-state index in [-0.39, 0.29) is 5.91 Å². The lowest BCUT2D eigenvalue weighted by Gasteiger charge is -2.18. The molecule has 1 aromatic heterocycles. The van der Waals surface area contributed by atoms with Gasteiger partial charge in [-0.3, -0.25) is 9.78 Å². The highest BCUT2D eigenvalue weighted by Gasteiger charge is 2.22. The van der Waals surface area contributed by atoms with Crippen LogP contribution in [0.5, 0.6) is 0 Å². The zero-order valence-electron chi connectivity index (χ0n) is 8.77. The van der Waals surface area contributed by atoms with Gasteiger partial charge >= 0.3 is 0 Å². The van der Waals surface area contributed by atoms with Gasteiger partial charge < -0.3 is 5.32 Å². The summed E-state index contributed by atoms with van der Waals surface area (Å²) in [4.78, 5) is 15.6. The summed E-state index contributed by atoms with van der Waals surface area (Å²) in [6.45, 7) is 5.52. The van der Waals surface area contributed by atoms with Gasteiger partial charge in [-0.2, -0.15) is 0 Å². The van der Waals surface area contributed by atoms with Crippen LogP contribution in [0.3, 0.4) is 0 Å². The third-order valence-corrected chi connectivity index (χ3v) is 2.66. The van der Waals surface area contributed by atoms with Crippen LogP contribution in [0.25, 0.3) is 0 Å². The molecule has 82 valence electrons. The van der Waals surface area contributed by atoms with Crippen LogP contribution in [0.1, 0.15) is 20.8 Å². The molecule has 0 aliphatic rings. The summed E-state index contributed by atoms with van der Waals surface area (Å²) in [6.07, 6.45) is 3.08. The second kappa shape index (κ2) is 4.49. The van der Waals surface area contributed by atoms with Gasteiger partial charge in [0.05, 0.1) is 15.2 Å². The highest BCUT2D eigenvalue weighted by atomic mass is 79.9. The lowest BCUT2D eigenvalue weighted by Crippen LogP contribution is -2.27. The number of hydrogen-bond donors (Lipinski definition) is 1. The standard InChI is InChI=1S/C10H12BrClN2O/c1-10(2,3)9(15)14-8-6(11)4-13-5-7(8)12/h4-5H,1-3H3,(H,13,14,15). The molecule has 1 heterocycles. The molecule has 0 fully saturated rings. The van der Waals surface area contributed by atoms with Gasteiger partial charge in [-0.15, -0.1) is 0 Å². The first kappa shape index (κ1) is 12.5. The molecule has 0 aromatic carbocycles. The number of aromatic nitrogens is 1. The Hall–Kier alpha value is -0.610. The molecule has 0 radical (unpaired) electrons. The Morgan fingerprint density at radius 1 is 1.47 bits per heavy atom. The monoisotopic (exact) mass is 290 g/mol. The highest BCUT2D eigenvalue weighted by Crippen LogP contribution is 2.30. The van der Waals surface area contributed by atoms with E-state index < -0.39 is 5.41 Å². The Morgan fingerprint density at radius 2 is 2.07 bits per heavy atom. The van der Waals surface area contributed by atoms with Crippen molar-refractivity contribution in [2.75, 3.05) is 5.32 Å². The van der Waals surface area contributed by atoms with Crippen LogP contribution in [0.4, 0.5) is 5.69 Å². The molecule has 0 aliphatic carbocycles. The Kier molecular flexibility index (Phi) is 3.73. The molecular weight excluding hydrogens is 279 g/mol. The zero-order chi connectivity index (χ0) is 11.6. The van der Waals surface area contributed by atoms with E-state index in [2.05, 4.69) is 26.2 Å². The molecule has 1 rings (SSSR count). The summed E-state index contributed by atoms with van der Waals surface area (Å²) < 4.78 is 0.674. The average molecular weight is 292 g/mol. The van der Waals surface area contributed by atoms with Crippen LogP contribution in [0.2, 0.25) is 5.02 Å². The number of nitrogens with one attached hydrogen (secondary N) is 1. The van der Waals surface area contributed by atoms with E-state index in [1.165, 1.54) is 6.20 Å². The van der Waals surface area contributed by atoms with E-state index in [1.54, 1.807) is 6.20 Å². The minimum absolute atomic E-state index is 0.0868. The molecule has 5 heteroatoms. The lowest BCUT2D eigenvalue weighted by atomic mass is 9.95.